The molecular weight excluding hydrogens is 444 g/mol. The van der Waals surface area contributed by atoms with Crippen LogP contribution in [0.25, 0.3) is 0 Å². The Balaban J connectivity index is 1.18. The number of nitrogens with one attached hydrogen (secondary N) is 3. The van der Waals surface area contributed by atoms with Crippen molar-refractivity contribution >= 4 is 0 Å². The average molecular weight is 481 g/mol. The molecule has 6 nitrogen and oxygen atoms in total. The highest BCUT2D eigenvalue weighted by Gasteiger charge is 2.26. The first kappa shape index (κ1) is 24.4. The van der Waals surface area contributed by atoms with Crippen molar-refractivity contribution in [3.05, 3.63) is 119 Å². The fraction of sp³-hybridized carbons (Fsp3) is 0.333. The minimum Gasteiger partial charge on any atom is -0.348 e. The molecule has 0 fully saturated rings. The van der Waals surface area contributed by atoms with Gasteiger partial charge in [-0.3, -0.25) is 9.88 Å². The normalized spacial score (nSPS) is 15.2. The zero-order valence-corrected chi connectivity index (χ0v) is 20.9. The van der Waals surface area contributed by atoms with Crippen molar-refractivity contribution in [2.75, 3.05) is 13.1 Å². The number of fused-ring (bicyclic) bond motifs is 1. The predicted molar refractivity (Wildman–Crippen MR) is 144 cm³/mol. The van der Waals surface area contributed by atoms with Crippen LogP contribution in [0.3, 0.4) is 0 Å². The molecule has 0 saturated carbocycles. The summed E-state index contributed by atoms with van der Waals surface area (Å²) in [6, 6.07) is 24.7. The van der Waals surface area contributed by atoms with Gasteiger partial charge in [-0.2, -0.15) is 0 Å². The third-order valence-corrected chi connectivity index (χ3v) is 6.93. The third kappa shape index (κ3) is 6.66. The molecule has 0 aliphatic heterocycles. The van der Waals surface area contributed by atoms with Crippen molar-refractivity contribution in [3.63, 3.8) is 0 Å². The molecule has 2 aromatic carbocycles. The summed E-state index contributed by atoms with van der Waals surface area (Å²) in [6.07, 6.45) is 9.15. The van der Waals surface area contributed by atoms with Gasteiger partial charge in [0, 0.05) is 57.4 Å². The molecule has 1 aliphatic carbocycles. The summed E-state index contributed by atoms with van der Waals surface area (Å²) < 4.78 is 0. The van der Waals surface area contributed by atoms with Gasteiger partial charge in [-0.05, 0) is 53.6 Å². The second kappa shape index (κ2) is 12.6. The molecule has 36 heavy (non-hydrogen) atoms. The van der Waals surface area contributed by atoms with E-state index in [-0.39, 0.29) is 0 Å². The van der Waals surface area contributed by atoms with Gasteiger partial charge in [-0.15, -0.1) is 0 Å². The lowest BCUT2D eigenvalue weighted by Gasteiger charge is -2.36. The van der Waals surface area contributed by atoms with E-state index < -0.39 is 0 Å². The molecule has 186 valence electrons. The SMILES string of the molecule is c1ccc(CN(Cc2ccc(CNCCNCc3ncc[nH]3)cc2)C2CCCc3ccccc32)nc1. The minimum absolute atomic E-state index is 0.423. The molecular formula is C30H36N6. The van der Waals surface area contributed by atoms with E-state index in [1.165, 1.54) is 41.5 Å². The molecule has 1 atom stereocenters. The monoisotopic (exact) mass is 480 g/mol. The van der Waals surface area contributed by atoms with Gasteiger partial charge in [0.05, 0.1) is 12.2 Å². The predicted octanol–water partition coefficient (Wildman–Crippen LogP) is 4.76. The van der Waals surface area contributed by atoms with Crippen LogP contribution < -0.4 is 10.6 Å². The van der Waals surface area contributed by atoms with Crippen LogP contribution in [0, 0.1) is 0 Å². The molecule has 5 rings (SSSR count). The molecule has 0 bridgehead atoms. The maximum Gasteiger partial charge on any atom is 0.120 e. The number of benzene rings is 2. The Hall–Kier alpha value is -3.32. The second-order valence-corrected chi connectivity index (χ2v) is 9.54. The number of rotatable bonds is 12. The quantitative estimate of drug-likeness (QED) is 0.255. The molecule has 4 aromatic rings. The Bertz CT molecular complexity index is 1170. The number of aryl methyl sites for hydroxylation is 1. The van der Waals surface area contributed by atoms with Gasteiger partial charge >= 0.3 is 0 Å². The van der Waals surface area contributed by atoms with Gasteiger partial charge in [-0.25, -0.2) is 4.98 Å². The Morgan fingerprint density at radius 2 is 1.61 bits per heavy atom. The molecule has 0 amide bonds. The highest BCUT2D eigenvalue weighted by atomic mass is 15.2. The van der Waals surface area contributed by atoms with Crippen LogP contribution in [0.4, 0.5) is 0 Å². The number of hydrogen-bond donors (Lipinski definition) is 3. The average Bonchev–Trinajstić information content (AvgIpc) is 3.45. The van der Waals surface area contributed by atoms with Gasteiger partial charge in [0.15, 0.2) is 0 Å². The first-order valence-electron chi connectivity index (χ1n) is 13.0. The molecule has 1 unspecified atom stereocenters. The molecule has 2 heterocycles. The van der Waals surface area contributed by atoms with E-state index >= 15 is 0 Å². The smallest absolute Gasteiger partial charge is 0.120 e. The van der Waals surface area contributed by atoms with Crippen molar-refractivity contribution in [1.29, 1.82) is 0 Å². The largest absolute Gasteiger partial charge is 0.348 e. The maximum absolute atomic E-state index is 4.63. The van der Waals surface area contributed by atoms with Crippen LogP contribution in [-0.4, -0.2) is 32.9 Å². The summed E-state index contributed by atoms with van der Waals surface area (Å²) in [6.45, 7) is 5.24. The number of H-pyrrole nitrogens is 1. The van der Waals surface area contributed by atoms with Gasteiger partial charge in [0.25, 0.3) is 0 Å². The van der Waals surface area contributed by atoms with Crippen molar-refractivity contribution in [2.24, 2.45) is 0 Å². The molecule has 3 N–H and O–H groups in total. The lowest BCUT2D eigenvalue weighted by atomic mass is 9.86. The fourth-order valence-electron chi connectivity index (χ4n) is 5.09. The fourth-order valence-corrected chi connectivity index (χ4v) is 5.09. The summed E-state index contributed by atoms with van der Waals surface area (Å²) in [4.78, 5) is 14.6. The lowest BCUT2D eigenvalue weighted by molar-refractivity contribution is 0.159. The van der Waals surface area contributed by atoms with Crippen LogP contribution in [-0.2, 0) is 32.6 Å². The number of nitrogens with zero attached hydrogens (tertiary/aromatic N) is 3. The highest BCUT2D eigenvalue weighted by Crippen LogP contribution is 2.35. The van der Waals surface area contributed by atoms with E-state index in [4.69, 9.17) is 0 Å². The van der Waals surface area contributed by atoms with Crippen molar-refractivity contribution in [2.45, 2.75) is 51.5 Å². The Kier molecular flexibility index (Phi) is 8.52. The number of pyridine rings is 1. The molecule has 2 aromatic heterocycles. The zero-order chi connectivity index (χ0) is 24.4. The van der Waals surface area contributed by atoms with Crippen molar-refractivity contribution < 1.29 is 0 Å². The first-order valence-corrected chi connectivity index (χ1v) is 13.0. The topological polar surface area (TPSA) is 68.9 Å². The zero-order valence-electron chi connectivity index (χ0n) is 20.9. The summed E-state index contributed by atoms with van der Waals surface area (Å²) in [5.41, 5.74) is 6.77. The van der Waals surface area contributed by atoms with Crippen LogP contribution >= 0.6 is 0 Å². The molecule has 0 spiro atoms. The molecule has 6 heteroatoms. The number of hydrogen-bond acceptors (Lipinski definition) is 5. The van der Waals surface area contributed by atoms with E-state index in [9.17, 15) is 0 Å². The van der Waals surface area contributed by atoms with E-state index in [0.29, 0.717) is 6.04 Å². The standard InChI is InChI=1S/C30H36N6/c1-2-9-28-26(6-1)7-5-10-29(28)36(23-27-8-3-4-15-33-27)22-25-13-11-24(12-14-25)20-31-16-17-32-21-30-34-18-19-35-30/h1-4,6,8-9,11-15,18-19,29,31-32H,5,7,10,16-17,20-23H2,(H,34,35). The Morgan fingerprint density at radius 3 is 2.42 bits per heavy atom. The second-order valence-electron chi connectivity index (χ2n) is 9.54. The molecule has 1 aliphatic rings. The number of imidazole rings is 1. The van der Waals surface area contributed by atoms with Crippen molar-refractivity contribution in [3.8, 4) is 0 Å². The summed E-state index contributed by atoms with van der Waals surface area (Å²) in [7, 11) is 0. The summed E-state index contributed by atoms with van der Waals surface area (Å²) in [5.74, 6) is 0.972. The van der Waals surface area contributed by atoms with Gasteiger partial charge in [-0.1, -0.05) is 54.6 Å². The maximum atomic E-state index is 4.63. The summed E-state index contributed by atoms with van der Waals surface area (Å²) in [5, 5.41) is 6.92. The molecule has 0 radical (unpaired) electrons. The number of aromatic amines is 1. The van der Waals surface area contributed by atoms with Gasteiger partial charge in [0.2, 0.25) is 0 Å². The van der Waals surface area contributed by atoms with E-state index in [1.807, 2.05) is 18.5 Å². The van der Waals surface area contributed by atoms with Crippen LogP contribution in [0.15, 0.2) is 85.3 Å². The minimum atomic E-state index is 0.423. The first-order chi connectivity index (χ1) is 17.8. The van der Waals surface area contributed by atoms with Gasteiger partial charge < -0.3 is 15.6 Å². The highest BCUT2D eigenvalue weighted by molar-refractivity contribution is 5.33. The Labute approximate surface area is 214 Å². The van der Waals surface area contributed by atoms with Crippen LogP contribution in [0.2, 0.25) is 0 Å². The number of aromatic nitrogens is 3. The van der Waals surface area contributed by atoms with Crippen molar-refractivity contribution in [1.82, 2.24) is 30.5 Å². The van der Waals surface area contributed by atoms with E-state index in [1.54, 1.807) is 6.20 Å². The molecule has 0 saturated heterocycles. The lowest BCUT2D eigenvalue weighted by Crippen LogP contribution is -2.31. The van der Waals surface area contributed by atoms with E-state index in [0.717, 1.165) is 50.8 Å². The third-order valence-electron chi connectivity index (χ3n) is 6.93. The van der Waals surface area contributed by atoms with Crippen LogP contribution in [0.5, 0.6) is 0 Å². The van der Waals surface area contributed by atoms with Crippen LogP contribution in [0.1, 0.15) is 52.7 Å². The van der Waals surface area contributed by atoms with E-state index in [2.05, 4.69) is 91.1 Å². The Morgan fingerprint density at radius 1 is 0.806 bits per heavy atom. The van der Waals surface area contributed by atoms with Gasteiger partial charge in [0.1, 0.15) is 5.82 Å². The summed E-state index contributed by atoms with van der Waals surface area (Å²) >= 11 is 0.